The maximum absolute atomic E-state index is 13.2. The highest BCUT2D eigenvalue weighted by atomic mass is 16.5. The number of hydrogen-bond acceptors (Lipinski definition) is 8. The van der Waals surface area contributed by atoms with Crippen LogP contribution in [0.2, 0.25) is 0 Å². The zero-order chi connectivity index (χ0) is 22.7. The summed E-state index contributed by atoms with van der Waals surface area (Å²) in [5.74, 6) is -0.648. The van der Waals surface area contributed by atoms with E-state index in [1.807, 2.05) is 0 Å². The molecule has 0 bridgehead atoms. The first-order chi connectivity index (χ1) is 15.5. The van der Waals surface area contributed by atoms with Crippen molar-refractivity contribution in [3.8, 4) is 11.5 Å². The average Bonchev–Trinajstić information content (AvgIpc) is 3.45. The summed E-state index contributed by atoms with van der Waals surface area (Å²) in [4.78, 5) is 30.0. The number of carbonyl (C=O) groups excluding carboxylic acids is 2. The molecule has 170 valence electrons. The monoisotopic (exact) mass is 442 g/mol. The average molecular weight is 442 g/mol. The normalized spacial score (nSPS) is 19.5. The van der Waals surface area contributed by atoms with E-state index in [9.17, 15) is 14.7 Å². The molecular weight excluding hydrogens is 416 g/mol. The van der Waals surface area contributed by atoms with Crippen LogP contribution in [0.15, 0.2) is 52.3 Å². The first-order valence-electron chi connectivity index (χ1n) is 10.4. The molecule has 0 unspecified atom stereocenters. The minimum Gasteiger partial charge on any atom is -0.503 e. The third-order valence-corrected chi connectivity index (χ3v) is 5.78. The maximum atomic E-state index is 13.2. The first-order valence-corrected chi connectivity index (χ1v) is 10.4. The molecule has 1 fully saturated rings. The van der Waals surface area contributed by atoms with Gasteiger partial charge in [0.05, 0.1) is 45.3 Å². The van der Waals surface area contributed by atoms with E-state index in [-0.39, 0.29) is 11.3 Å². The second-order valence-electron chi connectivity index (χ2n) is 7.54. The van der Waals surface area contributed by atoms with E-state index in [1.165, 1.54) is 31.4 Å². The second kappa shape index (κ2) is 9.46. The van der Waals surface area contributed by atoms with Crippen LogP contribution in [0.25, 0.3) is 0 Å². The van der Waals surface area contributed by atoms with Crippen LogP contribution in [0.4, 0.5) is 0 Å². The SMILES string of the molecule is COc1ccc([C@H]2C(C(=O)c3ccco3)=C(O)C(=O)N2CCN2CCOCC2)cc1OC. The van der Waals surface area contributed by atoms with Gasteiger partial charge in [-0.3, -0.25) is 14.5 Å². The zero-order valence-electron chi connectivity index (χ0n) is 18.1. The lowest BCUT2D eigenvalue weighted by Gasteiger charge is -2.31. The maximum Gasteiger partial charge on any atom is 0.290 e. The largest absolute Gasteiger partial charge is 0.503 e. The summed E-state index contributed by atoms with van der Waals surface area (Å²) in [5, 5.41) is 10.7. The van der Waals surface area contributed by atoms with E-state index < -0.39 is 23.5 Å². The van der Waals surface area contributed by atoms with Crippen molar-refractivity contribution < 1.29 is 33.3 Å². The Balaban J connectivity index is 1.71. The summed E-state index contributed by atoms with van der Waals surface area (Å²) >= 11 is 0. The van der Waals surface area contributed by atoms with Crippen molar-refractivity contribution in [3.63, 3.8) is 0 Å². The predicted octanol–water partition coefficient (Wildman–Crippen LogP) is 2.21. The standard InChI is InChI=1S/C23H26N2O7/c1-29-16-6-5-15(14-18(16)30-2)20-19(21(26)17-4-3-11-32-17)22(27)23(28)25(20)8-7-24-9-12-31-13-10-24/h3-6,11,14,20,27H,7-10,12-13H2,1-2H3/t20-/m0/s1. The van der Waals surface area contributed by atoms with Gasteiger partial charge in [-0.15, -0.1) is 0 Å². The fraction of sp³-hybridized carbons (Fsp3) is 0.391. The molecule has 1 amide bonds. The van der Waals surface area contributed by atoms with Crippen LogP contribution >= 0.6 is 0 Å². The Labute approximate surface area is 185 Å². The number of furan rings is 1. The van der Waals surface area contributed by atoms with Crippen molar-refractivity contribution in [2.45, 2.75) is 6.04 Å². The fourth-order valence-electron chi connectivity index (χ4n) is 4.10. The van der Waals surface area contributed by atoms with Gasteiger partial charge in [-0.25, -0.2) is 0 Å². The van der Waals surface area contributed by atoms with Crippen molar-refractivity contribution in [2.75, 3.05) is 53.6 Å². The fourth-order valence-corrected chi connectivity index (χ4v) is 4.10. The number of carbonyl (C=O) groups is 2. The van der Waals surface area contributed by atoms with Crippen molar-refractivity contribution in [1.29, 1.82) is 0 Å². The molecule has 0 aliphatic carbocycles. The van der Waals surface area contributed by atoms with E-state index in [0.29, 0.717) is 43.4 Å². The van der Waals surface area contributed by atoms with E-state index in [2.05, 4.69) is 4.90 Å². The lowest BCUT2D eigenvalue weighted by atomic mass is 9.94. The van der Waals surface area contributed by atoms with E-state index in [1.54, 1.807) is 24.3 Å². The Kier molecular flexibility index (Phi) is 6.48. The van der Waals surface area contributed by atoms with Gasteiger partial charge in [0.1, 0.15) is 0 Å². The molecule has 2 aromatic rings. The molecule has 4 rings (SSSR count). The van der Waals surface area contributed by atoms with Crippen LogP contribution < -0.4 is 9.47 Å². The summed E-state index contributed by atoms with van der Waals surface area (Å²) in [6.07, 6.45) is 1.38. The van der Waals surface area contributed by atoms with Gasteiger partial charge >= 0.3 is 0 Å². The number of benzene rings is 1. The number of Topliss-reactive ketones (excluding diaryl/α,β-unsaturated/α-hetero) is 1. The Bertz CT molecular complexity index is 1010. The minimum absolute atomic E-state index is 0.0147. The van der Waals surface area contributed by atoms with Gasteiger partial charge in [-0.1, -0.05) is 6.07 Å². The molecule has 0 radical (unpaired) electrons. The molecule has 1 aromatic carbocycles. The van der Waals surface area contributed by atoms with E-state index >= 15 is 0 Å². The quantitative estimate of drug-likeness (QED) is 0.621. The topological polar surface area (TPSA) is 102 Å². The molecule has 2 aliphatic heterocycles. The molecule has 1 aromatic heterocycles. The van der Waals surface area contributed by atoms with Gasteiger partial charge in [0.2, 0.25) is 5.78 Å². The van der Waals surface area contributed by atoms with Gasteiger partial charge in [0.25, 0.3) is 5.91 Å². The van der Waals surface area contributed by atoms with Crippen molar-refractivity contribution in [3.05, 3.63) is 59.3 Å². The summed E-state index contributed by atoms with van der Waals surface area (Å²) in [6.45, 7) is 3.73. The molecule has 1 atom stereocenters. The van der Waals surface area contributed by atoms with Crippen LogP contribution in [-0.4, -0.2) is 80.2 Å². The van der Waals surface area contributed by atoms with E-state index in [4.69, 9.17) is 18.6 Å². The Morgan fingerprint density at radius 2 is 1.88 bits per heavy atom. The van der Waals surface area contributed by atoms with Crippen molar-refractivity contribution in [1.82, 2.24) is 9.80 Å². The van der Waals surface area contributed by atoms with Crippen LogP contribution in [0.3, 0.4) is 0 Å². The van der Waals surface area contributed by atoms with Gasteiger partial charge in [0.15, 0.2) is 23.0 Å². The Morgan fingerprint density at radius 1 is 1.12 bits per heavy atom. The number of aliphatic hydroxyl groups is 1. The molecule has 0 saturated carbocycles. The Morgan fingerprint density at radius 3 is 2.53 bits per heavy atom. The van der Waals surface area contributed by atoms with Crippen molar-refractivity contribution in [2.24, 2.45) is 0 Å². The number of hydrogen-bond donors (Lipinski definition) is 1. The van der Waals surface area contributed by atoms with Crippen molar-refractivity contribution >= 4 is 11.7 Å². The third kappa shape index (κ3) is 4.09. The minimum atomic E-state index is -0.791. The number of nitrogens with zero attached hydrogens (tertiary/aromatic N) is 2. The molecule has 0 spiro atoms. The van der Waals surface area contributed by atoms with Gasteiger partial charge in [-0.2, -0.15) is 0 Å². The highest BCUT2D eigenvalue weighted by molar-refractivity contribution is 6.15. The Hall–Kier alpha value is -3.30. The second-order valence-corrected chi connectivity index (χ2v) is 7.54. The third-order valence-electron chi connectivity index (χ3n) is 5.78. The molecule has 9 nitrogen and oxygen atoms in total. The predicted molar refractivity (Wildman–Crippen MR) is 114 cm³/mol. The number of ketones is 1. The van der Waals surface area contributed by atoms with E-state index in [0.717, 1.165) is 13.1 Å². The number of aliphatic hydroxyl groups excluding tert-OH is 1. The first kappa shape index (κ1) is 21.9. The number of ether oxygens (including phenoxy) is 3. The molecule has 1 N–H and O–H groups in total. The van der Waals surface area contributed by atoms with Crippen LogP contribution in [-0.2, 0) is 9.53 Å². The van der Waals surface area contributed by atoms with Crippen LogP contribution in [0.5, 0.6) is 11.5 Å². The highest BCUT2D eigenvalue weighted by Gasteiger charge is 2.44. The van der Waals surface area contributed by atoms with Crippen LogP contribution in [0, 0.1) is 0 Å². The zero-order valence-corrected chi connectivity index (χ0v) is 18.1. The molecule has 32 heavy (non-hydrogen) atoms. The number of morpholine rings is 1. The molecule has 1 saturated heterocycles. The van der Waals surface area contributed by atoms with Gasteiger partial charge < -0.3 is 28.6 Å². The summed E-state index contributed by atoms with van der Waals surface area (Å²) in [7, 11) is 3.04. The smallest absolute Gasteiger partial charge is 0.290 e. The summed E-state index contributed by atoms with van der Waals surface area (Å²) < 4.78 is 21.4. The lowest BCUT2D eigenvalue weighted by molar-refractivity contribution is -0.129. The lowest BCUT2D eigenvalue weighted by Crippen LogP contribution is -2.43. The van der Waals surface area contributed by atoms with Crippen LogP contribution in [0.1, 0.15) is 22.2 Å². The van der Waals surface area contributed by atoms with Gasteiger partial charge in [-0.05, 0) is 29.8 Å². The summed E-state index contributed by atoms with van der Waals surface area (Å²) in [6, 6.07) is 7.49. The number of amides is 1. The van der Waals surface area contributed by atoms with Gasteiger partial charge in [0, 0.05) is 26.2 Å². The molecule has 9 heteroatoms. The summed E-state index contributed by atoms with van der Waals surface area (Å²) in [5.41, 5.74) is 0.607. The molecule has 2 aliphatic rings. The molecule has 3 heterocycles. The molecular formula is C23H26N2O7. The highest BCUT2D eigenvalue weighted by Crippen LogP contribution is 2.41. The number of rotatable bonds is 8. The number of methoxy groups -OCH3 is 2.